The van der Waals surface area contributed by atoms with Crippen LogP contribution in [0.4, 0.5) is 26.7 Å². The fourth-order valence-electron chi connectivity index (χ4n) is 5.00. The minimum Gasteiger partial charge on any atom is -0.487 e. The Balaban J connectivity index is 1.34. The fraction of sp³-hybridized carbons (Fsp3) is 0.400. The van der Waals surface area contributed by atoms with Crippen LogP contribution in [0.3, 0.4) is 0 Å². The predicted molar refractivity (Wildman–Crippen MR) is 160 cm³/mol. The molecule has 234 valence electrons. The molecule has 0 spiro atoms. The first-order valence-corrected chi connectivity index (χ1v) is 14.2. The van der Waals surface area contributed by atoms with Gasteiger partial charge >= 0.3 is 12.1 Å². The third kappa shape index (κ3) is 6.49. The average molecular weight is 609 g/mol. The van der Waals surface area contributed by atoms with Gasteiger partial charge in [0.05, 0.1) is 24.8 Å². The fourth-order valence-corrected chi connectivity index (χ4v) is 5.00. The van der Waals surface area contributed by atoms with Crippen LogP contribution in [0.25, 0.3) is 0 Å². The molecule has 0 saturated carbocycles. The van der Waals surface area contributed by atoms with E-state index in [4.69, 9.17) is 18.7 Å². The number of urea groups is 2. The van der Waals surface area contributed by atoms with Crippen molar-refractivity contribution in [2.45, 2.75) is 39.8 Å². The Morgan fingerprint density at radius 3 is 2.43 bits per heavy atom. The van der Waals surface area contributed by atoms with Crippen LogP contribution in [0.1, 0.15) is 35.7 Å². The number of aliphatic hydroxyl groups is 1. The van der Waals surface area contributed by atoms with Gasteiger partial charge in [0.15, 0.2) is 17.3 Å². The van der Waals surface area contributed by atoms with Crippen LogP contribution in [0.2, 0.25) is 0 Å². The van der Waals surface area contributed by atoms with Gasteiger partial charge in [0.1, 0.15) is 23.2 Å². The number of aromatic nitrogens is 1. The number of aliphatic hydroxyl groups excluding tert-OH is 1. The number of nitrogens with zero attached hydrogens (tertiary/aromatic N) is 3. The first-order chi connectivity index (χ1) is 21.0. The molecule has 0 unspecified atom stereocenters. The van der Waals surface area contributed by atoms with E-state index >= 15 is 0 Å². The van der Waals surface area contributed by atoms with Crippen molar-refractivity contribution >= 4 is 35.0 Å². The zero-order chi connectivity index (χ0) is 31.5. The third-order valence-electron chi connectivity index (χ3n) is 7.62. The Morgan fingerprint density at radius 2 is 1.75 bits per heavy atom. The van der Waals surface area contributed by atoms with Gasteiger partial charge in [0.25, 0.3) is 5.91 Å². The number of benzene rings is 2. The van der Waals surface area contributed by atoms with Crippen molar-refractivity contribution in [1.82, 2.24) is 15.0 Å². The molecule has 5 amide bonds. The van der Waals surface area contributed by atoms with Crippen LogP contribution in [-0.2, 0) is 0 Å². The monoisotopic (exact) mass is 608 g/mol. The second-order valence-electron chi connectivity index (χ2n) is 11.0. The van der Waals surface area contributed by atoms with E-state index in [0.717, 1.165) is 0 Å². The van der Waals surface area contributed by atoms with Crippen molar-refractivity contribution in [3.05, 3.63) is 53.4 Å². The van der Waals surface area contributed by atoms with Gasteiger partial charge in [0.2, 0.25) is 6.79 Å². The van der Waals surface area contributed by atoms with E-state index in [1.165, 1.54) is 11.0 Å². The van der Waals surface area contributed by atoms with E-state index in [0.29, 0.717) is 45.8 Å². The average Bonchev–Trinajstić information content (AvgIpc) is 3.60. The van der Waals surface area contributed by atoms with Crippen LogP contribution in [-0.4, -0.2) is 83.7 Å². The summed E-state index contributed by atoms with van der Waals surface area (Å²) >= 11 is 0. The van der Waals surface area contributed by atoms with Gasteiger partial charge in [-0.2, -0.15) is 0 Å². The second-order valence-corrected chi connectivity index (χ2v) is 11.0. The Bertz CT molecular complexity index is 1540. The normalized spacial score (nSPS) is 18.0. The Hall–Kier alpha value is -4.98. The molecule has 5 rings (SSSR count). The maximum Gasteiger partial charge on any atom is 0.323 e. The number of likely N-dealkylation sites (N-methyl/N-ethyl adjacent to an activating group) is 1. The van der Waals surface area contributed by atoms with Crippen molar-refractivity contribution in [3.63, 3.8) is 0 Å². The highest BCUT2D eigenvalue weighted by Crippen LogP contribution is 2.35. The van der Waals surface area contributed by atoms with Gasteiger partial charge in [0, 0.05) is 37.0 Å². The summed E-state index contributed by atoms with van der Waals surface area (Å²) in [6.45, 7) is 7.48. The lowest BCUT2D eigenvalue weighted by Crippen LogP contribution is -2.50. The first kappa shape index (κ1) is 30.5. The maximum atomic E-state index is 13.7. The number of fused-ring (bicyclic) bond motifs is 2. The van der Waals surface area contributed by atoms with E-state index in [-0.39, 0.29) is 49.9 Å². The Morgan fingerprint density at radius 1 is 1.07 bits per heavy atom. The van der Waals surface area contributed by atoms with Crippen molar-refractivity contribution < 1.29 is 38.2 Å². The number of aryl methyl sites for hydroxylation is 2. The maximum absolute atomic E-state index is 13.7. The lowest BCUT2D eigenvalue weighted by molar-refractivity contribution is 0.0371. The molecule has 0 fully saturated rings. The van der Waals surface area contributed by atoms with Crippen LogP contribution in [0.5, 0.6) is 17.2 Å². The molecule has 3 aromatic rings. The van der Waals surface area contributed by atoms with Gasteiger partial charge in [-0.1, -0.05) is 12.1 Å². The lowest BCUT2D eigenvalue weighted by Gasteiger charge is -2.38. The predicted octanol–water partition coefficient (Wildman–Crippen LogP) is 4.05. The molecule has 4 N–H and O–H groups in total. The highest BCUT2D eigenvalue weighted by atomic mass is 16.7. The van der Waals surface area contributed by atoms with Gasteiger partial charge in [-0.05, 0) is 51.1 Å². The second kappa shape index (κ2) is 12.7. The van der Waals surface area contributed by atoms with E-state index in [2.05, 4.69) is 21.1 Å². The summed E-state index contributed by atoms with van der Waals surface area (Å²) in [5, 5.41) is 22.1. The molecule has 0 radical (unpaired) electrons. The first-order valence-electron chi connectivity index (χ1n) is 14.2. The van der Waals surface area contributed by atoms with Gasteiger partial charge in [-0.3, -0.25) is 4.79 Å². The van der Waals surface area contributed by atoms with E-state index in [9.17, 15) is 19.5 Å². The molecule has 44 heavy (non-hydrogen) atoms. The molecule has 3 heterocycles. The molecule has 3 atom stereocenters. The summed E-state index contributed by atoms with van der Waals surface area (Å²) in [7, 11) is 1.65. The molecule has 1 aromatic heterocycles. The number of nitrogens with one attached hydrogen (secondary N) is 3. The molecule has 2 aromatic carbocycles. The highest BCUT2D eigenvalue weighted by Gasteiger charge is 2.34. The smallest absolute Gasteiger partial charge is 0.323 e. The number of rotatable bonds is 7. The minimum atomic E-state index is -0.527. The summed E-state index contributed by atoms with van der Waals surface area (Å²) in [6.07, 6.45) is -0.510. The topological polar surface area (TPSA) is 168 Å². The number of carbonyl (C=O) groups is 3. The van der Waals surface area contributed by atoms with Crippen molar-refractivity contribution in [3.8, 4) is 17.2 Å². The number of carbonyl (C=O) groups excluding carboxylic acids is 3. The number of hydrogen-bond acceptors (Lipinski definition) is 9. The standard InChI is InChI=1S/C30H36N6O8/c1-16-12-36(17(2)14-37)28(38)22-10-20(31-29(39)32-21-7-9-24-25(11-21)42-15-41-24)6-8-23(22)43-26(16)13-35(5)30(40)33-27-18(3)34-44-19(27)4/h6-11,16-17,26,37H,12-15H2,1-5H3,(H,33,40)(H2,31,32,39)/t16-,17-,26-/m1/s1. The number of ether oxygens (including phenoxy) is 3. The highest BCUT2D eigenvalue weighted by molar-refractivity contribution is 6.02. The Labute approximate surface area is 254 Å². The van der Waals surface area contributed by atoms with Crippen LogP contribution in [0, 0.1) is 19.8 Å². The Kier molecular flexibility index (Phi) is 8.81. The summed E-state index contributed by atoms with van der Waals surface area (Å²) < 4.78 is 22.2. The SMILES string of the molecule is Cc1noc(C)c1NC(=O)N(C)C[C@H]1Oc2ccc(NC(=O)Nc3ccc4c(c3)OCO4)cc2C(=O)N([C@H](C)CO)C[C@H]1C. The lowest BCUT2D eigenvalue weighted by atomic mass is 9.99. The molecule has 2 aliphatic heterocycles. The van der Waals surface area contributed by atoms with Gasteiger partial charge in [-0.15, -0.1) is 0 Å². The van der Waals surface area contributed by atoms with Crippen molar-refractivity contribution in [1.29, 1.82) is 0 Å². The van der Waals surface area contributed by atoms with Crippen LogP contribution >= 0.6 is 0 Å². The largest absolute Gasteiger partial charge is 0.487 e. The summed E-state index contributed by atoms with van der Waals surface area (Å²) in [5.74, 6) is 1.35. The number of amides is 5. The summed E-state index contributed by atoms with van der Waals surface area (Å²) in [4.78, 5) is 42.7. The number of anilines is 3. The van der Waals surface area contributed by atoms with Crippen LogP contribution < -0.4 is 30.2 Å². The molecule has 0 saturated heterocycles. The van der Waals surface area contributed by atoms with E-state index < -0.39 is 18.2 Å². The summed E-state index contributed by atoms with van der Waals surface area (Å²) in [5.41, 5.74) is 2.15. The van der Waals surface area contributed by atoms with Gasteiger partial charge in [-0.25, -0.2) is 9.59 Å². The molecule has 0 aliphatic carbocycles. The molecule has 14 heteroatoms. The van der Waals surface area contributed by atoms with E-state index in [1.54, 1.807) is 63.1 Å². The van der Waals surface area contributed by atoms with Crippen LogP contribution in [0.15, 0.2) is 40.9 Å². The molecule has 14 nitrogen and oxygen atoms in total. The van der Waals surface area contributed by atoms with Gasteiger partial charge < -0.3 is 49.6 Å². The number of hydrogen-bond donors (Lipinski definition) is 4. The third-order valence-corrected chi connectivity index (χ3v) is 7.62. The molecular formula is C30H36N6O8. The zero-order valence-electron chi connectivity index (χ0n) is 25.2. The summed E-state index contributed by atoms with van der Waals surface area (Å²) in [6, 6.07) is 8.43. The minimum absolute atomic E-state index is 0.119. The van der Waals surface area contributed by atoms with E-state index in [1.807, 2.05) is 6.92 Å². The molecule has 2 aliphatic rings. The van der Waals surface area contributed by atoms with Crippen molar-refractivity contribution in [2.24, 2.45) is 5.92 Å². The quantitative estimate of drug-likeness (QED) is 0.309. The molecular weight excluding hydrogens is 572 g/mol. The van der Waals surface area contributed by atoms with Crippen molar-refractivity contribution in [2.75, 3.05) is 49.5 Å². The molecule has 0 bridgehead atoms. The zero-order valence-corrected chi connectivity index (χ0v) is 25.2.